The normalized spacial score (nSPS) is 10.0. The molecule has 0 aromatic carbocycles. The second-order valence-corrected chi connectivity index (χ2v) is 2.64. The fourth-order valence-corrected chi connectivity index (χ4v) is 0.641. The zero-order chi connectivity index (χ0) is 7.98. The minimum Gasteiger partial charge on any atom is -0.472 e. The van der Waals surface area contributed by atoms with Gasteiger partial charge in [-0.3, -0.25) is 4.90 Å². The van der Waals surface area contributed by atoms with Crippen molar-refractivity contribution in [2.45, 2.75) is 20.8 Å². The van der Waals surface area contributed by atoms with Crippen molar-refractivity contribution in [3.8, 4) is 0 Å². The van der Waals surface area contributed by atoms with Crippen molar-refractivity contribution in [1.29, 1.82) is 0 Å². The van der Waals surface area contributed by atoms with Gasteiger partial charge in [-0.1, -0.05) is 13.8 Å². The van der Waals surface area contributed by atoms with Crippen LogP contribution in [0.4, 0.5) is 0 Å². The van der Waals surface area contributed by atoms with Crippen molar-refractivity contribution in [2.75, 3.05) is 19.8 Å². The molecule has 0 radical (unpaired) electrons. The van der Waals surface area contributed by atoms with Crippen molar-refractivity contribution in [1.82, 2.24) is 4.90 Å². The summed E-state index contributed by atoms with van der Waals surface area (Å²) >= 11 is 4.76. The van der Waals surface area contributed by atoms with E-state index in [0.29, 0.717) is 11.8 Å². The van der Waals surface area contributed by atoms with E-state index in [1.54, 1.807) is 6.92 Å². The maximum atomic E-state index is 5.14. The van der Waals surface area contributed by atoms with Gasteiger partial charge in [0.2, 0.25) is 0 Å². The van der Waals surface area contributed by atoms with Crippen LogP contribution >= 0.6 is 12.2 Å². The van der Waals surface area contributed by atoms with Crippen LogP contribution in [0, 0.1) is 0 Å². The lowest BCUT2D eigenvalue weighted by Gasteiger charge is -2.17. The van der Waals surface area contributed by atoms with E-state index in [1.165, 1.54) is 0 Å². The van der Waals surface area contributed by atoms with E-state index in [4.69, 9.17) is 17.0 Å². The molecule has 0 unspecified atom stereocenters. The largest absolute Gasteiger partial charge is 0.472 e. The molecule has 10 heavy (non-hydrogen) atoms. The van der Waals surface area contributed by atoms with Gasteiger partial charge in [0.25, 0.3) is 0 Å². The van der Waals surface area contributed by atoms with Crippen LogP contribution in [0.15, 0.2) is 0 Å². The summed E-state index contributed by atoms with van der Waals surface area (Å²) in [7, 11) is 0. The molecule has 0 heterocycles. The van der Waals surface area contributed by atoms with E-state index in [-0.39, 0.29) is 0 Å². The van der Waals surface area contributed by atoms with Gasteiger partial charge < -0.3 is 4.74 Å². The van der Waals surface area contributed by atoms with Crippen LogP contribution in [-0.4, -0.2) is 29.8 Å². The van der Waals surface area contributed by atoms with E-state index < -0.39 is 0 Å². The molecule has 3 heteroatoms. The summed E-state index contributed by atoms with van der Waals surface area (Å²) in [5, 5.41) is 0.618. The molecule has 0 N–H and O–H groups in total. The van der Waals surface area contributed by atoms with E-state index in [2.05, 4.69) is 18.7 Å². The summed E-state index contributed by atoms with van der Waals surface area (Å²) in [6, 6.07) is 0. The van der Waals surface area contributed by atoms with Crippen molar-refractivity contribution < 1.29 is 4.74 Å². The lowest BCUT2D eigenvalue weighted by atomic mass is 10.6. The first-order valence-electron chi connectivity index (χ1n) is 3.56. The molecule has 0 amide bonds. The van der Waals surface area contributed by atoms with Crippen molar-refractivity contribution in [3.05, 3.63) is 0 Å². The minimum absolute atomic E-state index is 0.618. The summed E-state index contributed by atoms with van der Waals surface area (Å²) in [6.45, 7) is 8.65. The number of thiocarbonyl (C=S) groups is 1. The lowest BCUT2D eigenvalue weighted by molar-refractivity contribution is 0.131. The van der Waals surface area contributed by atoms with Gasteiger partial charge in [0, 0.05) is 6.92 Å². The van der Waals surface area contributed by atoms with Crippen molar-refractivity contribution in [3.63, 3.8) is 0 Å². The van der Waals surface area contributed by atoms with E-state index in [1.807, 2.05) is 0 Å². The Hall–Kier alpha value is -0.150. The van der Waals surface area contributed by atoms with Crippen LogP contribution in [0.1, 0.15) is 20.8 Å². The Morgan fingerprint density at radius 3 is 2.20 bits per heavy atom. The van der Waals surface area contributed by atoms with E-state index in [0.717, 1.165) is 13.1 Å². The molecular formula is C7H15NOS. The smallest absolute Gasteiger partial charge is 0.158 e. The number of ether oxygens (including phenoxy) is 1. The molecule has 0 aliphatic rings. The number of hydrogen-bond donors (Lipinski definition) is 0. The maximum Gasteiger partial charge on any atom is 0.158 e. The molecule has 0 aliphatic carbocycles. The Kier molecular flexibility index (Phi) is 5.54. The SMILES string of the molecule is CCN(CC)COC(C)=S. The second kappa shape index (κ2) is 5.62. The highest BCUT2D eigenvalue weighted by Crippen LogP contribution is 1.88. The Bertz CT molecular complexity index is 102. The zero-order valence-corrected chi connectivity index (χ0v) is 7.70. The fourth-order valence-electron chi connectivity index (χ4n) is 0.588. The van der Waals surface area contributed by atoms with Gasteiger partial charge in [0.15, 0.2) is 5.05 Å². The molecule has 60 valence electrons. The van der Waals surface area contributed by atoms with Gasteiger partial charge in [-0.05, 0) is 25.3 Å². The molecule has 0 saturated heterocycles. The first-order chi connectivity index (χ1) is 4.70. The molecule has 2 nitrogen and oxygen atoms in total. The van der Waals surface area contributed by atoms with Crippen LogP contribution in [0.3, 0.4) is 0 Å². The summed E-state index contributed by atoms with van der Waals surface area (Å²) in [4.78, 5) is 2.16. The Morgan fingerprint density at radius 1 is 1.40 bits per heavy atom. The first kappa shape index (κ1) is 9.85. The topological polar surface area (TPSA) is 12.5 Å². The predicted octanol–water partition coefficient (Wildman–Crippen LogP) is 1.65. The lowest BCUT2D eigenvalue weighted by Crippen LogP contribution is -2.26. The summed E-state index contributed by atoms with van der Waals surface area (Å²) in [6.07, 6.45) is 0. The van der Waals surface area contributed by atoms with Gasteiger partial charge in [0.05, 0.1) is 0 Å². The molecule has 0 aromatic heterocycles. The van der Waals surface area contributed by atoms with Crippen LogP contribution < -0.4 is 0 Å². The summed E-state index contributed by atoms with van der Waals surface area (Å²) in [5.74, 6) is 0. The monoisotopic (exact) mass is 161 g/mol. The molecule has 0 rings (SSSR count). The molecule has 0 bridgehead atoms. The molecule has 0 atom stereocenters. The van der Waals surface area contributed by atoms with Crippen molar-refractivity contribution in [2.24, 2.45) is 0 Å². The molecule has 0 aliphatic heterocycles. The first-order valence-corrected chi connectivity index (χ1v) is 3.97. The average Bonchev–Trinajstić information content (AvgIpc) is 1.90. The molecular weight excluding hydrogens is 146 g/mol. The number of nitrogens with zero attached hydrogens (tertiary/aromatic N) is 1. The van der Waals surface area contributed by atoms with Gasteiger partial charge in [-0.2, -0.15) is 0 Å². The summed E-state index contributed by atoms with van der Waals surface area (Å²) < 4.78 is 5.14. The molecule has 0 fully saturated rings. The molecule has 0 spiro atoms. The van der Waals surface area contributed by atoms with E-state index >= 15 is 0 Å². The molecule has 0 saturated carbocycles. The van der Waals surface area contributed by atoms with Crippen LogP contribution in [0.25, 0.3) is 0 Å². The average molecular weight is 161 g/mol. The highest BCUT2D eigenvalue weighted by Gasteiger charge is 1.97. The van der Waals surface area contributed by atoms with Gasteiger partial charge in [0.1, 0.15) is 6.73 Å². The standard InChI is InChI=1S/C7H15NOS/c1-4-8(5-2)6-9-7(3)10/h4-6H2,1-3H3. The van der Waals surface area contributed by atoms with Crippen LogP contribution in [0.2, 0.25) is 0 Å². The predicted molar refractivity (Wildman–Crippen MR) is 47.1 cm³/mol. The van der Waals surface area contributed by atoms with Gasteiger partial charge in [-0.15, -0.1) is 0 Å². The maximum absolute atomic E-state index is 5.14. The van der Waals surface area contributed by atoms with Gasteiger partial charge >= 0.3 is 0 Å². The highest BCUT2D eigenvalue weighted by molar-refractivity contribution is 7.80. The van der Waals surface area contributed by atoms with E-state index in [9.17, 15) is 0 Å². The third-order valence-electron chi connectivity index (χ3n) is 1.34. The zero-order valence-electron chi connectivity index (χ0n) is 6.89. The fraction of sp³-hybridized carbons (Fsp3) is 0.857. The third-order valence-corrected chi connectivity index (χ3v) is 1.46. The van der Waals surface area contributed by atoms with Crippen LogP contribution in [-0.2, 0) is 4.74 Å². The van der Waals surface area contributed by atoms with Gasteiger partial charge in [-0.25, -0.2) is 0 Å². The quantitative estimate of drug-likeness (QED) is 0.459. The highest BCUT2D eigenvalue weighted by atomic mass is 32.1. The molecule has 0 aromatic rings. The third kappa shape index (κ3) is 4.70. The minimum atomic E-state index is 0.618. The number of hydrogen-bond acceptors (Lipinski definition) is 3. The summed E-state index contributed by atoms with van der Waals surface area (Å²) in [5.41, 5.74) is 0. The Balaban J connectivity index is 3.34. The Labute approximate surface area is 68.2 Å². The van der Waals surface area contributed by atoms with Crippen LogP contribution in [0.5, 0.6) is 0 Å². The Morgan fingerprint density at radius 2 is 1.90 bits per heavy atom. The van der Waals surface area contributed by atoms with Crippen molar-refractivity contribution >= 4 is 17.3 Å². The second-order valence-electron chi connectivity index (χ2n) is 2.07. The number of rotatable bonds is 4.